The second-order valence-electron chi connectivity index (χ2n) is 6.04. The largest absolute Gasteiger partial charge is 0.489 e. The van der Waals surface area contributed by atoms with Crippen molar-refractivity contribution in [3.05, 3.63) is 71.8 Å². The van der Waals surface area contributed by atoms with Gasteiger partial charge < -0.3 is 9.64 Å². The van der Waals surface area contributed by atoms with Gasteiger partial charge in [0.2, 0.25) is 5.91 Å². The van der Waals surface area contributed by atoms with Crippen LogP contribution in [0.5, 0.6) is 5.75 Å². The number of ether oxygens (including phenoxy) is 1. The van der Waals surface area contributed by atoms with E-state index in [1.807, 2.05) is 54.6 Å². The summed E-state index contributed by atoms with van der Waals surface area (Å²) in [6.07, 6.45) is 4.27. The molecular weight excluding hydrogens is 314 g/mol. The van der Waals surface area contributed by atoms with Crippen LogP contribution in [0.2, 0.25) is 0 Å². The molecule has 2 aromatic rings. The summed E-state index contributed by atoms with van der Waals surface area (Å²) in [7, 11) is 0. The fourth-order valence-electron chi connectivity index (χ4n) is 2.70. The maximum Gasteiger partial charge on any atom is 0.246 e. The van der Waals surface area contributed by atoms with Crippen LogP contribution in [0.1, 0.15) is 24.0 Å². The fourth-order valence-corrected chi connectivity index (χ4v) is 2.70. The molecule has 0 aliphatic carbocycles. The number of hydrogen-bond donors (Lipinski definition) is 0. The maximum absolute atomic E-state index is 12.2. The zero-order valence-electron chi connectivity index (χ0n) is 14.1. The first-order valence-corrected chi connectivity index (χ1v) is 8.46. The van der Waals surface area contributed by atoms with E-state index in [1.54, 1.807) is 17.1 Å². The predicted molar refractivity (Wildman–Crippen MR) is 97.1 cm³/mol. The maximum atomic E-state index is 12.2. The van der Waals surface area contributed by atoms with Crippen molar-refractivity contribution in [2.24, 2.45) is 0 Å². The van der Waals surface area contributed by atoms with Crippen LogP contribution in [0.3, 0.4) is 0 Å². The Morgan fingerprint density at radius 1 is 1.04 bits per heavy atom. The first-order chi connectivity index (χ1) is 12.2. The fraction of sp³-hybridized carbons (Fsp3) is 0.238. The molecule has 1 heterocycles. The van der Waals surface area contributed by atoms with Crippen LogP contribution in [-0.4, -0.2) is 29.7 Å². The summed E-state index contributed by atoms with van der Waals surface area (Å²) in [5, 5.41) is 0. The third kappa shape index (κ3) is 5.05. The number of amides is 1. The Balaban J connectivity index is 1.57. The van der Waals surface area contributed by atoms with Crippen LogP contribution in [-0.2, 0) is 16.2 Å². The molecule has 0 bridgehead atoms. The molecule has 4 nitrogen and oxygen atoms in total. The lowest BCUT2D eigenvalue weighted by molar-refractivity contribution is -0.130. The number of likely N-dealkylation sites (tertiary alicyclic amines) is 1. The standard InChI is InChI=1S/C21H21NO3/c23-19-11-13-22(14-12-19)21(24)10-9-17-7-4-8-20(15-17)25-16-18-5-2-1-3-6-18/h1-10,15H,11-14,16H2/b10-9+. The highest BCUT2D eigenvalue weighted by molar-refractivity contribution is 5.93. The van der Waals surface area contributed by atoms with Gasteiger partial charge in [-0.15, -0.1) is 0 Å². The minimum Gasteiger partial charge on any atom is -0.489 e. The molecule has 0 atom stereocenters. The van der Waals surface area contributed by atoms with Crippen molar-refractivity contribution >= 4 is 17.8 Å². The minimum absolute atomic E-state index is 0.0527. The molecule has 2 aromatic carbocycles. The van der Waals surface area contributed by atoms with Crippen molar-refractivity contribution in [1.82, 2.24) is 4.90 Å². The van der Waals surface area contributed by atoms with Crippen molar-refractivity contribution in [2.75, 3.05) is 13.1 Å². The summed E-state index contributed by atoms with van der Waals surface area (Å²) in [6.45, 7) is 1.54. The van der Waals surface area contributed by atoms with Crippen molar-refractivity contribution in [3.8, 4) is 5.75 Å². The smallest absolute Gasteiger partial charge is 0.246 e. The normalized spacial score (nSPS) is 14.7. The van der Waals surface area contributed by atoms with Crippen molar-refractivity contribution < 1.29 is 14.3 Å². The highest BCUT2D eigenvalue weighted by atomic mass is 16.5. The quantitative estimate of drug-likeness (QED) is 0.786. The van der Waals surface area contributed by atoms with E-state index in [0.717, 1.165) is 16.9 Å². The average molecular weight is 335 g/mol. The van der Waals surface area contributed by atoms with E-state index in [9.17, 15) is 9.59 Å². The Labute approximate surface area is 147 Å². The predicted octanol–water partition coefficient (Wildman–Crippen LogP) is 3.47. The van der Waals surface area contributed by atoms with Crippen LogP contribution in [0.25, 0.3) is 6.08 Å². The SMILES string of the molecule is O=C1CCN(C(=O)/C=C/c2cccc(OCc3ccccc3)c2)CC1. The monoisotopic (exact) mass is 335 g/mol. The highest BCUT2D eigenvalue weighted by Gasteiger charge is 2.18. The van der Waals surface area contributed by atoms with Crippen LogP contribution in [0.15, 0.2) is 60.7 Å². The number of piperidine rings is 1. The molecule has 0 saturated carbocycles. The Morgan fingerprint density at radius 3 is 2.56 bits per heavy atom. The average Bonchev–Trinajstić information content (AvgIpc) is 2.66. The molecule has 0 N–H and O–H groups in total. The molecule has 0 unspecified atom stereocenters. The van der Waals surface area contributed by atoms with E-state index in [1.165, 1.54) is 0 Å². The molecule has 25 heavy (non-hydrogen) atoms. The van der Waals surface area contributed by atoms with Crippen LogP contribution in [0.4, 0.5) is 0 Å². The van der Waals surface area contributed by atoms with Crippen molar-refractivity contribution in [3.63, 3.8) is 0 Å². The second kappa shape index (κ2) is 8.29. The molecule has 1 aliphatic rings. The zero-order valence-corrected chi connectivity index (χ0v) is 14.1. The van der Waals surface area contributed by atoms with E-state index in [-0.39, 0.29) is 11.7 Å². The van der Waals surface area contributed by atoms with E-state index < -0.39 is 0 Å². The van der Waals surface area contributed by atoms with Crippen LogP contribution >= 0.6 is 0 Å². The Kier molecular flexibility index (Phi) is 5.62. The number of carbonyl (C=O) groups excluding carboxylic acids is 2. The lowest BCUT2D eigenvalue weighted by Crippen LogP contribution is -2.37. The Morgan fingerprint density at radius 2 is 1.80 bits per heavy atom. The topological polar surface area (TPSA) is 46.6 Å². The summed E-state index contributed by atoms with van der Waals surface area (Å²) >= 11 is 0. The number of hydrogen-bond acceptors (Lipinski definition) is 3. The zero-order chi connectivity index (χ0) is 17.5. The van der Waals surface area contributed by atoms with Gasteiger partial charge in [-0.25, -0.2) is 0 Å². The molecule has 128 valence electrons. The molecule has 1 amide bonds. The van der Waals surface area contributed by atoms with E-state index in [2.05, 4.69) is 0 Å². The van der Waals surface area contributed by atoms with E-state index in [4.69, 9.17) is 4.74 Å². The number of benzene rings is 2. The summed E-state index contributed by atoms with van der Waals surface area (Å²) in [6, 6.07) is 17.6. The molecule has 0 spiro atoms. The number of carbonyl (C=O) groups is 2. The Hall–Kier alpha value is -2.88. The molecule has 1 aliphatic heterocycles. The Bertz CT molecular complexity index is 758. The van der Waals surface area contributed by atoms with Gasteiger partial charge in [-0.2, -0.15) is 0 Å². The summed E-state index contributed by atoms with van der Waals surface area (Å²) < 4.78 is 5.80. The van der Waals surface area contributed by atoms with Gasteiger partial charge in [0.15, 0.2) is 0 Å². The van der Waals surface area contributed by atoms with Gasteiger partial charge in [0.1, 0.15) is 18.1 Å². The molecule has 1 fully saturated rings. The molecule has 1 saturated heterocycles. The van der Waals surface area contributed by atoms with Crippen LogP contribution < -0.4 is 4.74 Å². The summed E-state index contributed by atoms with van der Waals surface area (Å²) in [5.74, 6) is 0.946. The molecule has 4 heteroatoms. The van der Waals surface area contributed by atoms with E-state index >= 15 is 0 Å². The first kappa shape index (κ1) is 17.0. The van der Waals surface area contributed by atoms with Gasteiger partial charge in [-0.3, -0.25) is 9.59 Å². The van der Waals surface area contributed by atoms with Gasteiger partial charge in [0, 0.05) is 32.0 Å². The number of nitrogens with zero attached hydrogens (tertiary/aromatic N) is 1. The van der Waals surface area contributed by atoms with Gasteiger partial charge in [-0.1, -0.05) is 42.5 Å². The summed E-state index contributed by atoms with van der Waals surface area (Å²) in [4.78, 5) is 25.1. The second-order valence-corrected chi connectivity index (χ2v) is 6.04. The number of Topliss-reactive ketones (excluding diaryl/α,β-unsaturated/α-hetero) is 1. The summed E-state index contributed by atoms with van der Waals surface area (Å²) in [5.41, 5.74) is 2.02. The number of ketones is 1. The minimum atomic E-state index is -0.0527. The van der Waals surface area contributed by atoms with Gasteiger partial charge in [-0.05, 0) is 29.3 Å². The molecular formula is C21H21NO3. The van der Waals surface area contributed by atoms with Gasteiger partial charge in [0.25, 0.3) is 0 Å². The van der Waals surface area contributed by atoms with Crippen molar-refractivity contribution in [1.29, 1.82) is 0 Å². The molecule has 0 aromatic heterocycles. The van der Waals surface area contributed by atoms with Crippen LogP contribution in [0, 0.1) is 0 Å². The lowest BCUT2D eigenvalue weighted by Gasteiger charge is -2.24. The molecule has 3 rings (SSSR count). The third-order valence-electron chi connectivity index (χ3n) is 4.16. The molecule has 0 radical (unpaired) electrons. The lowest BCUT2D eigenvalue weighted by atomic mass is 10.1. The number of rotatable bonds is 5. The highest BCUT2D eigenvalue weighted by Crippen LogP contribution is 2.16. The van der Waals surface area contributed by atoms with Gasteiger partial charge in [0.05, 0.1) is 0 Å². The van der Waals surface area contributed by atoms with Crippen molar-refractivity contribution in [2.45, 2.75) is 19.4 Å². The third-order valence-corrected chi connectivity index (χ3v) is 4.16. The van der Waals surface area contributed by atoms with E-state index in [0.29, 0.717) is 32.5 Å². The van der Waals surface area contributed by atoms with Gasteiger partial charge >= 0.3 is 0 Å². The first-order valence-electron chi connectivity index (χ1n) is 8.46.